The zero-order valence-electron chi connectivity index (χ0n) is 11.8. The van der Waals surface area contributed by atoms with Crippen LogP contribution in [0.4, 0.5) is 11.4 Å². The van der Waals surface area contributed by atoms with Gasteiger partial charge in [-0.05, 0) is 6.07 Å². The summed E-state index contributed by atoms with van der Waals surface area (Å²) in [6.45, 7) is -0.426. The number of anilines is 1. The molecule has 23 heavy (non-hydrogen) atoms. The molecular weight excluding hydrogens is 304 g/mol. The maximum absolute atomic E-state index is 12.8. The van der Waals surface area contributed by atoms with Gasteiger partial charge >= 0.3 is 0 Å². The molecule has 4 atom stereocenters. The maximum atomic E-state index is 12.8. The molecule has 8 heteroatoms. The normalized spacial score (nSPS) is 34.3. The molecule has 2 amide bonds. The predicted molar refractivity (Wildman–Crippen MR) is 76.4 cm³/mol. The number of nitro groups is 1. The van der Waals surface area contributed by atoms with Crippen LogP contribution in [-0.2, 0) is 14.3 Å². The van der Waals surface area contributed by atoms with Gasteiger partial charge in [0.25, 0.3) is 5.69 Å². The molecule has 1 aromatic rings. The summed E-state index contributed by atoms with van der Waals surface area (Å²) < 4.78 is 5.62. The topological polar surface area (TPSA) is 110 Å². The van der Waals surface area contributed by atoms with Crippen molar-refractivity contribution in [2.45, 2.75) is 11.7 Å². The lowest BCUT2D eigenvalue weighted by atomic mass is 9.77. The van der Waals surface area contributed by atoms with Crippen molar-refractivity contribution in [2.75, 3.05) is 11.5 Å². The number of hydrogen-bond acceptors (Lipinski definition) is 6. The van der Waals surface area contributed by atoms with Crippen LogP contribution < -0.4 is 4.90 Å². The molecule has 1 aromatic carbocycles. The molecule has 118 valence electrons. The van der Waals surface area contributed by atoms with Gasteiger partial charge in [0.15, 0.2) is 0 Å². The van der Waals surface area contributed by atoms with Crippen LogP contribution in [0.5, 0.6) is 0 Å². The third-order valence-corrected chi connectivity index (χ3v) is 4.72. The Morgan fingerprint density at radius 1 is 1.30 bits per heavy atom. The van der Waals surface area contributed by atoms with Crippen molar-refractivity contribution in [3.8, 4) is 0 Å². The molecular formula is C15H12N2O6. The number of carbonyl (C=O) groups excluding carboxylic acids is 2. The van der Waals surface area contributed by atoms with Crippen LogP contribution in [0, 0.1) is 22.0 Å². The molecule has 0 aliphatic carbocycles. The van der Waals surface area contributed by atoms with E-state index >= 15 is 0 Å². The quantitative estimate of drug-likeness (QED) is 0.374. The maximum Gasteiger partial charge on any atom is 0.293 e. The molecule has 0 spiro atoms. The van der Waals surface area contributed by atoms with Crippen LogP contribution in [-0.4, -0.2) is 40.2 Å². The number of benzene rings is 1. The number of carbonyl (C=O) groups is 2. The lowest BCUT2D eigenvalue weighted by Gasteiger charge is -2.26. The van der Waals surface area contributed by atoms with Crippen LogP contribution in [0.25, 0.3) is 0 Å². The van der Waals surface area contributed by atoms with Gasteiger partial charge in [-0.3, -0.25) is 19.7 Å². The predicted octanol–water partition coefficient (Wildman–Crippen LogP) is 0.400. The Balaban J connectivity index is 1.82. The van der Waals surface area contributed by atoms with Crippen molar-refractivity contribution in [1.29, 1.82) is 0 Å². The van der Waals surface area contributed by atoms with Gasteiger partial charge in [-0.2, -0.15) is 0 Å². The largest absolute Gasteiger partial charge is 0.393 e. The van der Waals surface area contributed by atoms with Gasteiger partial charge < -0.3 is 9.84 Å². The minimum atomic E-state index is -1.21. The van der Waals surface area contributed by atoms with Gasteiger partial charge in [0.05, 0.1) is 29.5 Å². The molecule has 0 aromatic heterocycles. The summed E-state index contributed by atoms with van der Waals surface area (Å²) in [5.41, 5.74) is -1.57. The van der Waals surface area contributed by atoms with E-state index in [4.69, 9.17) is 4.74 Å². The smallest absolute Gasteiger partial charge is 0.293 e. The first-order chi connectivity index (χ1) is 11.0. The van der Waals surface area contributed by atoms with E-state index in [1.165, 1.54) is 24.3 Å². The Bertz CT molecular complexity index is 775. The number of imide groups is 1. The number of amides is 2. The van der Waals surface area contributed by atoms with Crippen molar-refractivity contribution >= 4 is 23.2 Å². The van der Waals surface area contributed by atoms with Gasteiger partial charge in [0.1, 0.15) is 11.3 Å². The summed E-state index contributed by atoms with van der Waals surface area (Å²) in [6.07, 6.45) is 2.68. The first kappa shape index (κ1) is 14.0. The Morgan fingerprint density at radius 2 is 2.04 bits per heavy atom. The highest BCUT2D eigenvalue weighted by atomic mass is 16.6. The van der Waals surface area contributed by atoms with E-state index in [0.717, 1.165) is 4.90 Å². The highest BCUT2D eigenvalue weighted by Crippen LogP contribution is 2.52. The number of hydrogen-bond donors (Lipinski definition) is 1. The van der Waals surface area contributed by atoms with Crippen LogP contribution in [0.3, 0.4) is 0 Å². The molecule has 0 unspecified atom stereocenters. The fraction of sp³-hybridized carbons (Fsp3) is 0.333. The Labute approximate surface area is 130 Å². The standard InChI is InChI=1S/C15H12N2O6/c18-7-15-6-5-10(23-15)11-12(15)14(20)16(13(11)19)8-3-1-2-4-9(8)17(21)22/h1-6,10-12,18H,7H2/t10-,11-,12-,15-/m0/s1. The van der Waals surface area contributed by atoms with E-state index < -0.39 is 46.9 Å². The molecule has 4 rings (SSSR count). The molecule has 0 saturated carbocycles. The number of ether oxygens (including phenoxy) is 1. The lowest BCUT2D eigenvalue weighted by Crippen LogP contribution is -2.43. The van der Waals surface area contributed by atoms with Crippen LogP contribution in [0.1, 0.15) is 0 Å². The van der Waals surface area contributed by atoms with Crippen molar-refractivity contribution in [1.82, 2.24) is 0 Å². The summed E-state index contributed by atoms with van der Waals surface area (Å²) in [5.74, 6) is -2.71. The SMILES string of the molecule is O=C1[C@H]2[C@@H]3C=C[C@@](CO)(O3)[C@@H]2C(=O)N1c1ccccc1[N+](=O)[O-]. The Kier molecular flexibility index (Phi) is 2.72. The molecule has 3 heterocycles. The zero-order valence-corrected chi connectivity index (χ0v) is 11.8. The van der Waals surface area contributed by atoms with E-state index in [1.54, 1.807) is 12.2 Å². The van der Waals surface area contributed by atoms with Crippen LogP contribution >= 0.6 is 0 Å². The Morgan fingerprint density at radius 3 is 2.74 bits per heavy atom. The third kappa shape index (κ3) is 1.61. The van der Waals surface area contributed by atoms with Crippen LogP contribution in [0.2, 0.25) is 0 Å². The number of nitro benzene ring substituents is 1. The van der Waals surface area contributed by atoms with Gasteiger partial charge in [-0.15, -0.1) is 0 Å². The minimum Gasteiger partial charge on any atom is -0.393 e. The summed E-state index contributed by atoms with van der Waals surface area (Å²) in [6, 6.07) is 5.62. The van der Waals surface area contributed by atoms with Crippen LogP contribution in [0.15, 0.2) is 36.4 Å². The van der Waals surface area contributed by atoms with E-state index in [-0.39, 0.29) is 11.4 Å². The first-order valence-electron chi connectivity index (χ1n) is 7.09. The molecule has 3 aliphatic heterocycles. The van der Waals surface area contributed by atoms with E-state index in [0.29, 0.717) is 0 Å². The lowest BCUT2D eigenvalue weighted by molar-refractivity contribution is -0.384. The highest BCUT2D eigenvalue weighted by Gasteiger charge is 2.68. The van der Waals surface area contributed by atoms with Gasteiger partial charge in [-0.1, -0.05) is 24.3 Å². The minimum absolute atomic E-state index is 0.0469. The van der Waals surface area contributed by atoms with Crippen molar-refractivity contribution in [3.05, 3.63) is 46.5 Å². The number of aliphatic hydroxyl groups excluding tert-OH is 1. The zero-order chi connectivity index (χ0) is 16.4. The van der Waals surface area contributed by atoms with Crippen molar-refractivity contribution in [2.24, 2.45) is 11.8 Å². The fourth-order valence-electron chi connectivity index (χ4n) is 3.73. The summed E-state index contributed by atoms with van der Waals surface area (Å²) in [4.78, 5) is 36.9. The second-order valence-corrected chi connectivity index (χ2v) is 5.82. The molecule has 2 bridgehead atoms. The van der Waals surface area contributed by atoms with Crippen molar-refractivity contribution in [3.63, 3.8) is 0 Å². The summed E-state index contributed by atoms with van der Waals surface area (Å²) in [7, 11) is 0. The second-order valence-electron chi connectivity index (χ2n) is 5.82. The number of fused-ring (bicyclic) bond motifs is 5. The molecule has 8 nitrogen and oxygen atoms in total. The molecule has 0 radical (unpaired) electrons. The van der Waals surface area contributed by atoms with E-state index in [2.05, 4.69) is 0 Å². The van der Waals surface area contributed by atoms with E-state index in [9.17, 15) is 24.8 Å². The summed E-state index contributed by atoms with van der Waals surface area (Å²) in [5, 5.41) is 20.8. The second kappa shape index (κ2) is 4.46. The number of rotatable bonds is 3. The van der Waals surface area contributed by atoms with Gasteiger partial charge in [-0.25, -0.2) is 4.90 Å². The van der Waals surface area contributed by atoms with Gasteiger partial charge in [0, 0.05) is 6.07 Å². The number of nitrogens with zero attached hydrogens (tertiary/aromatic N) is 2. The number of aliphatic hydroxyl groups is 1. The molecule has 1 N–H and O–H groups in total. The summed E-state index contributed by atoms with van der Waals surface area (Å²) >= 11 is 0. The van der Waals surface area contributed by atoms with E-state index in [1.807, 2.05) is 0 Å². The first-order valence-corrected chi connectivity index (χ1v) is 7.09. The molecule has 3 aliphatic rings. The molecule has 2 fully saturated rings. The van der Waals surface area contributed by atoms with Gasteiger partial charge in [0.2, 0.25) is 11.8 Å². The monoisotopic (exact) mass is 316 g/mol. The Hall–Kier alpha value is -2.58. The average Bonchev–Trinajstić information content (AvgIpc) is 3.18. The molecule has 2 saturated heterocycles. The third-order valence-electron chi connectivity index (χ3n) is 4.72. The van der Waals surface area contributed by atoms with Crippen molar-refractivity contribution < 1.29 is 24.4 Å². The highest BCUT2D eigenvalue weighted by molar-refractivity contribution is 6.24. The number of para-hydroxylation sites is 2. The average molecular weight is 316 g/mol. The fourth-order valence-corrected chi connectivity index (χ4v) is 3.73.